The summed E-state index contributed by atoms with van der Waals surface area (Å²) in [5.74, 6) is -2.45. The molecule has 2 aromatic carbocycles. The maximum atomic E-state index is 10.9. The van der Waals surface area contributed by atoms with Crippen molar-refractivity contribution in [3.63, 3.8) is 0 Å². The van der Waals surface area contributed by atoms with Gasteiger partial charge in [0.1, 0.15) is 5.75 Å². The zero-order valence-corrected chi connectivity index (χ0v) is 22.4. The number of nitrogens with zero attached hydrogens (tertiary/aromatic N) is 2. The Kier molecular flexibility index (Phi) is 8.80. The summed E-state index contributed by atoms with van der Waals surface area (Å²) in [6, 6.07) is 12.0. The van der Waals surface area contributed by atoms with Crippen LogP contribution in [0.2, 0.25) is 5.02 Å². The van der Waals surface area contributed by atoms with Gasteiger partial charge in [-0.3, -0.25) is 0 Å². The third-order valence-electron chi connectivity index (χ3n) is 5.55. The minimum Gasteiger partial charge on any atom is -0.507 e. The van der Waals surface area contributed by atoms with E-state index in [2.05, 4.69) is 64.0 Å². The first-order chi connectivity index (χ1) is 16.5. The standard InChI is InChI=1S/C25H32ClN3O.C2H2O4/c1-24(2,3)19-12-16(13-20(22(19)30)25(4,5)6)14-27-23-28-15-21(29(23)7)17-8-10-18(26)11-9-17;3-1(4)2(5)6/h8-13,15,30H,14H2,1-7H3,(H,27,28);(H,3,4)(H,5,6). The van der Waals surface area contributed by atoms with Crippen molar-refractivity contribution in [1.82, 2.24) is 9.55 Å². The highest BCUT2D eigenvalue weighted by molar-refractivity contribution is 6.30. The van der Waals surface area contributed by atoms with E-state index in [9.17, 15) is 5.11 Å². The normalized spacial score (nSPS) is 11.4. The number of imidazole rings is 1. The monoisotopic (exact) mass is 515 g/mol. The van der Waals surface area contributed by atoms with Crippen LogP contribution in [0.15, 0.2) is 42.6 Å². The van der Waals surface area contributed by atoms with Crippen LogP contribution in [0.25, 0.3) is 11.3 Å². The summed E-state index contributed by atoms with van der Waals surface area (Å²) >= 11 is 6.01. The number of hydrogen-bond donors (Lipinski definition) is 4. The van der Waals surface area contributed by atoms with Crippen molar-refractivity contribution in [2.75, 3.05) is 5.32 Å². The van der Waals surface area contributed by atoms with E-state index < -0.39 is 11.9 Å². The Bertz CT molecular complexity index is 1190. The van der Waals surface area contributed by atoms with Gasteiger partial charge in [-0.25, -0.2) is 14.6 Å². The first-order valence-electron chi connectivity index (χ1n) is 11.4. The molecule has 3 aromatic rings. The highest BCUT2D eigenvalue weighted by Gasteiger charge is 2.26. The number of halogens is 1. The molecule has 8 nitrogen and oxygen atoms in total. The molecular weight excluding hydrogens is 482 g/mol. The van der Waals surface area contributed by atoms with E-state index in [4.69, 9.17) is 31.4 Å². The number of aliphatic carboxylic acids is 2. The van der Waals surface area contributed by atoms with Crippen LogP contribution < -0.4 is 5.32 Å². The highest BCUT2D eigenvalue weighted by atomic mass is 35.5. The van der Waals surface area contributed by atoms with Crippen LogP contribution in [-0.4, -0.2) is 36.8 Å². The van der Waals surface area contributed by atoms with Crippen LogP contribution in [0.3, 0.4) is 0 Å². The van der Waals surface area contributed by atoms with E-state index in [1.165, 1.54) is 0 Å². The van der Waals surface area contributed by atoms with E-state index in [0.29, 0.717) is 12.3 Å². The number of carboxylic acid groups (broad SMARTS) is 2. The predicted molar refractivity (Wildman–Crippen MR) is 142 cm³/mol. The summed E-state index contributed by atoms with van der Waals surface area (Å²) in [6.07, 6.45) is 1.86. The lowest BCUT2D eigenvalue weighted by Crippen LogP contribution is -2.18. The maximum Gasteiger partial charge on any atom is 0.414 e. The molecule has 1 aromatic heterocycles. The molecule has 194 valence electrons. The molecular formula is C27H34ClN3O5. The molecule has 0 unspecified atom stereocenters. The summed E-state index contributed by atoms with van der Waals surface area (Å²) in [5.41, 5.74) is 4.85. The molecule has 9 heteroatoms. The van der Waals surface area contributed by atoms with Gasteiger partial charge in [0.25, 0.3) is 0 Å². The van der Waals surface area contributed by atoms with E-state index >= 15 is 0 Å². The first kappa shape index (κ1) is 28.7. The van der Waals surface area contributed by atoms with Crippen LogP contribution in [0.5, 0.6) is 5.75 Å². The second-order valence-electron chi connectivity index (χ2n) is 10.5. The molecule has 0 spiro atoms. The molecule has 36 heavy (non-hydrogen) atoms. The molecule has 0 atom stereocenters. The summed E-state index contributed by atoms with van der Waals surface area (Å²) in [5, 5.41) is 29.9. The van der Waals surface area contributed by atoms with Crippen molar-refractivity contribution in [2.24, 2.45) is 7.05 Å². The van der Waals surface area contributed by atoms with E-state index in [1.54, 1.807) is 0 Å². The summed E-state index contributed by atoms with van der Waals surface area (Å²) in [6.45, 7) is 13.4. The summed E-state index contributed by atoms with van der Waals surface area (Å²) < 4.78 is 2.04. The summed E-state index contributed by atoms with van der Waals surface area (Å²) in [4.78, 5) is 22.8. The second kappa shape index (κ2) is 11.0. The van der Waals surface area contributed by atoms with Crippen LogP contribution >= 0.6 is 11.6 Å². The van der Waals surface area contributed by atoms with Gasteiger partial charge < -0.3 is 25.2 Å². The first-order valence-corrected chi connectivity index (χ1v) is 11.7. The fourth-order valence-electron chi connectivity index (χ4n) is 3.58. The lowest BCUT2D eigenvalue weighted by molar-refractivity contribution is -0.159. The molecule has 0 amide bonds. The molecule has 0 fully saturated rings. The zero-order chi connectivity index (χ0) is 27.4. The Morgan fingerprint density at radius 1 is 0.944 bits per heavy atom. The maximum absolute atomic E-state index is 10.9. The Labute approximate surface area is 216 Å². The Balaban J connectivity index is 0.000000678. The number of benzene rings is 2. The average Bonchev–Trinajstić information content (AvgIpc) is 3.12. The number of aromatic nitrogens is 2. The fraction of sp³-hybridized carbons (Fsp3) is 0.370. The number of nitrogens with one attached hydrogen (secondary N) is 1. The van der Waals surface area contributed by atoms with Gasteiger partial charge in [0, 0.05) is 18.6 Å². The van der Waals surface area contributed by atoms with E-state index in [-0.39, 0.29) is 10.8 Å². The zero-order valence-electron chi connectivity index (χ0n) is 21.7. The van der Waals surface area contributed by atoms with Crippen molar-refractivity contribution in [1.29, 1.82) is 0 Å². The molecule has 1 heterocycles. The van der Waals surface area contributed by atoms with Gasteiger partial charge in [-0.05, 0) is 57.3 Å². The SMILES string of the molecule is Cn1c(-c2ccc(Cl)cc2)cnc1NCc1cc(C(C)(C)C)c(O)c(C(C)(C)C)c1.O=C(O)C(=O)O. The van der Waals surface area contributed by atoms with Crippen molar-refractivity contribution >= 4 is 29.5 Å². The van der Waals surface area contributed by atoms with Gasteiger partial charge in [-0.1, -0.05) is 65.3 Å². The molecule has 0 bridgehead atoms. The van der Waals surface area contributed by atoms with Crippen molar-refractivity contribution in [3.05, 3.63) is 64.3 Å². The van der Waals surface area contributed by atoms with E-state index in [0.717, 1.165) is 38.9 Å². The Hall–Kier alpha value is -3.52. The number of carboxylic acids is 2. The van der Waals surface area contributed by atoms with Crippen LogP contribution in [0.4, 0.5) is 5.95 Å². The lowest BCUT2D eigenvalue weighted by Gasteiger charge is -2.28. The topological polar surface area (TPSA) is 125 Å². The summed E-state index contributed by atoms with van der Waals surface area (Å²) in [7, 11) is 2.00. The predicted octanol–water partition coefficient (Wildman–Crippen LogP) is 5.81. The molecule has 0 aliphatic heterocycles. The minimum atomic E-state index is -1.82. The number of hydrogen-bond acceptors (Lipinski definition) is 5. The third-order valence-corrected chi connectivity index (χ3v) is 5.80. The van der Waals surface area contributed by atoms with Crippen molar-refractivity contribution in [2.45, 2.75) is 58.9 Å². The van der Waals surface area contributed by atoms with Gasteiger partial charge in [0.15, 0.2) is 0 Å². The molecule has 0 saturated carbocycles. The number of phenols is 1. The Morgan fingerprint density at radius 2 is 1.42 bits per heavy atom. The second-order valence-corrected chi connectivity index (χ2v) is 11.0. The molecule has 0 aliphatic rings. The molecule has 0 saturated heterocycles. The van der Waals surface area contributed by atoms with Crippen LogP contribution in [0.1, 0.15) is 58.2 Å². The average molecular weight is 516 g/mol. The number of aromatic hydroxyl groups is 1. The highest BCUT2D eigenvalue weighted by Crippen LogP contribution is 2.40. The lowest BCUT2D eigenvalue weighted by atomic mass is 9.78. The minimum absolute atomic E-state index is 0.148. The number of anilines is 1. The Morgan fingerprint density at radius 3 is 1.83 bits per heavy atom. The third kappa shape index (κ3) is 7.24. The van der Waals surface area contributed by atoms with Crippen molar-refractivity contribution < 1.29 is 24.9 Å². The van der Waals surface area contributed by atoms with E-state index in [1.807, 2.05) is 42.1 Å². The van der Waals surface area contributed by atoms with Gasteiger partial charge in [0.2, 0.25) is 5.95 Å². The van der Waals surface area contributed by atoms with Crippen LogP contribution in [0, 0.1) is 0 Å². The number of phenolic OH excluding ortho intramolecular Hbond substituents is 1. The van der Waals surface area contributed by atoms with Gasteiger partial charge in [0.05, 0.1) is 11.9 Å². The molecule has 3 rings (SSSR count). The van der Waals surface area contributed by atoms with Gasteiger partial charge in [-0.2, -0.15) is 0 Å². The van der Waals surface area contributed by atoms with Gasteiger partial charge in [-0.15, -0.1) is 0 Å². The van der Waals surface area contributed by atoms with Gasteiger partial charge >= 0.3 is 11.9 Å². The molecule has 0 aliphatic carbocycles. The molecule has 0 radical (unpaired) electrons. The number of rotatable bonds is 4. The fourth-order valence-corrected chi connectivity index (χ4v) is 3.71. The quantitative estimate of drug-likeness (QED) is 0.323. The molecule has 4 N–H and O–H groups in total. The smallest absolute Gasteiger partial charge is 0.414 e. The van der Waals surface area contributed by atoms with Crippen LogP contribution in [-0.2, 0) is 34.0 Å². The largest absolute Gasteiger partial charge is 0.507 e. The number of carbonyl (C=O) groups is 2. The van der Waals surface area contributed by atoms with Crippen molar-refractivity contribution in [3.8, 4) is 17.0 Å².